The Balaban J connectivity index is 3.75. The Kier molecular flexibility index (Phi) is 13.4. The molecule has 138 valence electrons. The summed E-state index contributed by atoms with van der Waals surface area (Å²) in [5.74, 6) is -0.211. The van der Waals surface area contributed by atoms with E-state index in [1.807, 2.05) is 21.1 Å². The van der Waals surface area contributed by atoms with E-state index < -0.39 is 0 Å². The van der Waals surface area contributed by atoms with E-state index in [1.54, 1.807) is 0 Å². The number of esters is 1. The lowest BCUT2D eigenvalue weighted by Gasteiger charge is -2.27. The van der Waals surface area contributed by atoms with E-state index in [0.717, 1.165) is 12.8 Å². The summed E-state index contributed by atoms with van der Waals surface area (Å²) in [5.41, 5.74) is 0. The molecule has 0 bridgehead atoms. The summed E-state index contributed by atoms with van der Waals surface area (Å²) in [6.45, 7) is 4.17. The van der Waals surface area contributed by atoms with E-state index in [2.05, 4.69) is 6.92 Å². The summed E-state index contributed by atoms with van der Waals surface area (Å²) < 4.78 is 5.54. The zero-order valence-corrected chi connectivity index (χ0v) is 16.2. The molecular weight excluding hydrogens is 290 g/mol. The maximum atomic E-state index is 10.9. The smallest absolute Gasteiger partial charge is 0.302 e. The molecule has 1 unspecified atom stereocenters. The summed E-state index contributed by atoms with van der Waals surface area (Å²) in [6.07, 6.45) is 14.0. The van der Waals surface area contributed by atoms with Gasteiger partial charge in [0.15, 0.2) is 0 Å². The number of carbonyl (C=O) groups excluding carboxylic acids is 1. The van der Waals surface area contributed by atoms with Gasteiger partial charge in [0.05, 0.1) is 27.7 Å². The van der Waals surface area contributed by atoms with Crippen molar-refractivity contribution in [1.82, 2.24) is 0 Å². The molecule has 0 aliphatic heterocycles. The normalized spacial score (nSPS) is 13.1. The topological polar surface area (TPSA) is 35.5 Å². The van der Waals surface area contributed by atoms with Crippen LogP contribution >= 0.6 is 0 Å². The molecule has 0 spiro atoms. The first-order valence-electron chi connectivity index (χ1n) is 9.48. The highest BCUT2D eigenvalue weighted by Crippen LogP contribution is 2.16. The first-order chi connectivity index (χ1) is 10.8. The molecule has 0 N–H and O–H groups in total. The summed E-state index contributed by atoms with van der Waals surface area (Å²) >= 11 is 0. The first kappa shape index (κ1) is 22.4. The van der Waals surface area contributed by atoms with Gasteiger partial charge in [0.25, 0.3) is 0 Å². The molecule has 0 aliphatic rings. The van der Waals surface area contributed by atoms with Crippen molar-refractivity contribution in [2.45, 2.75) is 90.6 Å². The van der Waals surface area contributed by atoms with Crippen molar-refractivity contribution in [2.75, 3.05) is 27.7 Å². The van der Waals surface area contributed by atoms with Crippen molar-refractivity contribution in [1.29, 1.82) is 0 Å². The lowest BCUT2D eigenvalue weighted by atomic mass is 10.0. The van der Waals surface area contributed by atoms with Crippen molar-refractivity contribution < 1.29 is 19.0 Å². The van der Waals surface area contributed by atoms with Crippen LogP contribution in [0.25, 0.3) is 0 Å². The molecule has 0 rings (SSSR count). The number of nitrogens with zero attached hydrogens (tertiary/aromatic N) is 1. The largest absolute Gasteiger partial charge is 0.466 e. The van der Waals surface area contributed by atoms with Gasteiger partial charge in [-0.15, -0.1) is 0 Å². The first-order valence-corrected chi connectivity index (χ1v) is 9.48. The molecule has 0 aromatic carbocycles. The van der Waals surface area contributed by atoms with Gasteiger partial charge in [0, 0.05) is 13.3 Å². The third-order valence-corrected chi connectivity index (χ3v) is 3.84. The number of carbonyl (C=O) groups is 1. The van der Waals surface area contributed by atoms with Crippen molar-refractivity contribution in [2.24, 2.45) is 0 Å². The summed E-state index contributed by atoms with van der Waals surface area (Å²) in [5, 5.41) is 0. The van der Waals surface area contributed by atoms with E-state index in [-0.39, 0.29) is 12.1 Å². The van der Waals surface area contributed by atoms with Crippen molar-refractivity contribution in [3.63, 3.8) is 0 Å². The minimum Gasteiger partial charge on any atom is -0.466 e. The number of hydroxylamine groups is 3. The monoisotopic (exact) mass is 330 g/mol. The van der Waals surface area contributed by atoms with E-state index in [4.69, 9.17) is 9.57 Å². The maximum Gasteiger partial charge on any atom is 0.302 e. The summed E-state index contributed by atoms with van der Waals surface area (Å²) in [6, 6.07) is 0. The Morgan fingerprint density at radius 1 is 0.870 bits per heavy atom. The molecule has 1 atom stereocenters. The quantitative estimate of drug-likeness (QED) is 0.186. The number of unbranched alkanes of at least 4 members (excludes halogenated alkanes) is 8. The highest BCUT2D eigenvalue weighted by atomic mass is 16.7. The van der Waals surface area contributed by atoms with Crippen LogP contribution in [0.3, 0.4) is 0 Å². The van der Waals surface area contributed by atoms with Gasteiger partial charge in [-0.25, -0.2) is 4.84 Å². The number of rotatable bonds is 15. The van der Waals surface area contributed by atoms with Gasteiger partial charge >= 0.3 is 5.97 Å². The Morgan fingerprint density at radius 2 is 1.39 bits per heavy atom. The zero-order chi connectivity index (χ0) is 17.6. The van der Waals surface area contributed by atoms with Crippen LogP contribution in [0.2, 0.25) is 0 Å². The van der Waals surface area contributed by atoms with Crippen LogP contribution in [0.15, 0.2) is 0 Å². The fourth-order valence-electron chi connectivity index (χ4n) is 2.71. The Labute approximate surface area is 144 Å². The molecule has 0 saturated heterocycles. The minimum absolute atomic E-state index is 0.166. The molecule has 0 saturated carbocycles. The Morgan fingerprint density at radius 3 is 1.87 bits per heavy atom. The molecule has 0 radical (unpaired) electrons. The van der Waals surface area contributed by atoms with E-state index >= 15 is 0 Å². The van der Waals surface area contributed by atoms with Crippen LogP contribution in [-0.4, -0.2) is 44.5 Å². The third kappa shape index (κ3) is 17.6. The van der Waals surface area contributed by atoms with Crippen LogP contribution in [0.4, 0.5) is 0 Å². The fourth-order valence-corrected chi connectivity index (χ4v) is 2.71. The van der Waals surface area contributed by atoms with Crippen LogP contribution < -0.4 is 0 Å². The van der Waals surface area contributed by atoms with Gasteiger partial charge < -0.3 is 4.74 Å². The molecule has 4 heteroatoms. The van der Waals surface area contributed by atoms with Gasteiger partial charge in [0.2, 0.25) is 0 Å². The number of ether oxygens (including phenoxy) is 1. The molecular formula is C19H40NO3+. The minimum atomic E-state index is -0.211. The fraction of sp³-hybridized carbons (Fsp3) is 0.947. The lowest BCUT2D eigenvalue weighted by molar-refractivity contribution is -1.07. The highest BCUT2D eigenvalue weighted by Gasteiger charge is 2.19. The van der Waals surface area contributed by atoms with Gasteiger partial charge in [-0.2, -0.15) is 4.65 Å². The number of hydrogen-bond acceptors (Lipinski definition) is 3. The highest BCUT2D eigenvalue weighted by molar-refractivity contribution is 5.65. The van der Waals surface area contributed by atoms with Gasteiger partial charge in [-0.1, -0.05) is 64.7 Å². The molecule has 0 fully saturated rings. The Bertz CT molecular complexity index is 287. The predicted molar refractivity (Wildman–Crippen MR) is 96.0 cm³/mol. The SMILES string of the molecule is CCCCCCCCCCCC(CCOC(C)=O)O[N+](C)(C)C. The maximum absolute atomic E-state index is 10.9. The molecule has 23 heavy (non-hydrogen) atoms. The molecule has 4 nitrogen and oxygen atoms in total. The number of hydrogen-bond donors (Lipinski definition) is 0. The molecule has 0 aromatic heterocycles. The number of quaternary nitrogens is 1. The van der Waals surface area contributed by atoms with Crippen molar-refractivity contribution in [3.05, 3.63) is 0 Å². The van der Waals surface area contributed by atoms with Crippen molar-refractivity contribution >= 4 is 5.97 Å². The van der Waals surface area contributed by atoms with Crippen LogP contribution in [0, 0.1) is 0 Å². The predicted octanol–water partition coefficient (Wildman–Crippen LogP) is 4.87. The average molecular weight is 331 g/mol. The second-order valence-corrected chi connectivity index (χ2v) is 7.36. The third-order valence-electron chi connectivity index (χ3n) is 3.84. The second kappa shape index (κ2) is 13.8. The average Bonchev–Trinajstić information content (AvgIpc) is 2.43. The van der Waals surface area contributed by atoms with Gasteiger partial charge in [-0.05, 0) is 6.42 Å². The van der Waals surface area contributed by atoms with Crippen LogP contribution in [0.1, 0.15) is 84.5 Å². The van der Waals surface area contributed by atoms with E-state index in [9.17, 15) is 4.79 Å². The van der Waals surface area contributed by atoms with E-state index in [0.29, 0.717) is 11.3 Å². The van der Waals surface area contributed by atoms with Gasteiger partial charge in [-0.3, -0.25) is 4.79 Å². The van der Waals surface area contributed by atoms with Crippen LogP contribution in [-0.2, 0) is 14.4 Å². The molecule has 0 aromatic rings. The summed E-state index contributed by atoms with van der Waals surface area (Å²) in [4.78, 5) is 16.9. The molecule has 0 heterocycles. The standard InChI is InChI=1S/C19H40NO3/c1-6-7-8-9-10-11-12-13-14-15-19(23-20(3,4)5)16-17-22-18(2)21/h19H,6-17H2,1-5H3/q+1. The van der Waals surface area contributed by atoms with E-state index in [1.165, 1.54) is 64.7 Å². The zero-order valence-electron chi connectivity index (χ0n) is 16.2. The summed E-state index contributed by atoms with van der Waals surface area (Å²) in [7, 11) is 6.07. The lowest BCUT2D eigenvalue weighted by Crippen LogP contribution is -2.39. The molecule has 0 aliphatic carbocycles. The van der Waals surface area contributed by atoms with Crippen LogP contribution in [0.5, 0.6) is 0 Å². The van der Waals surface area contributed by atoms with Crippen molar-refractivity contribution in [3.8, 4) is 0 Å². The van der Waals surface area contributed by atoms with Gasteiger partial charge in [0.1, 0.15) is 6.10 Å². The molecule has 0 amide bonds. The second-order valence-electron chi connectivity index (χ2n) is 7.36. The Hall–Kier alpha value is -0.610.